The Kier molecular flexibility index (Phi) is 10.4. The maximum Gasteiger partial charge on any atom is 0.220 e. The van der Waals surface area contributed by atoms with E-state index in [1.807, 2.05) is 6.07 Å². The fourth-order valence-electron chi connectivity index (χ4n) is 3.09. The van der Waals surface area contributed by atoms with Crippen LogP contribution in [-0.2, 0) is 11.2 Å². The molecule has 0 aromatic heterocycles. The first-order valence-corrected chi connectivity index (χ1v) is 9.43. The van der Waals surface area contributed by atoms with E-state index in [1.54, 1.807) is 20.2 Å². The van der Waals surface area contributed by atoms with E-state index >= 15 is 0 Å². The number of carbonyl (C=O) groups is 1. The molecular formula is C18H27BrFIN4O. The molecule has 1 aliphatic rings. The van der Waals surface area contributed by atoms with Crippen LogP contribution in [0.1, 0.15) is 24.8 Å². The van der Waals surface area contributed by atoms with Crippen molar-refractivity contribution in [1.82, 2.24) is 15.5 Å². The van der Waals surface area contributed by atoms with Gasteiger partial charge in [0.2, 0.25) is 5.91 Å². The number of benzene rings is 1. The summed E-state index contributed by atoms with van der Waals surface area (Å²) in [6, 6.07) is 4.99. The van der Waals surface area contributed by atoms with E-state index < -0.39 is 0 Å². The molecule has 2 rings (SSSR count). The molecule has 0 spiro atoms. The van der Waals surface area contributed by atoms with Gasteiger partial charge in [-0.1, -0.05) is 15.9 Å². The molecule has 1 aromatic carbocycles. The highest BCUT2D eigenvalue weighted by atomic mass is 127. The van der Waals surface area contributed by atoms with E-state index in [1.165, 1.54) is 6.07 Å². The number of aliphatic imine (C=N–C) groups is 1. The molecule has 0 atom stereocenters. The Bertz CT molecular complexity index is 621. The van der Waals surface area contributed by atoms with Crippen molar-refractivity contribution in [2.24, 2.45) is 10.9 Å². The summed E-state index contributed by atoms with van der Waals surface area (Å²) >= 11 is 3.37. The molecular weight excluding hydrogens is 514 g/mol. The van der Waals surface area contributed by atoms with Crippen molar-refractivity contribution < 1.29 is 9.18 Å². The molecule has 0 aliphatic carbocycles. The van der Waals surface area contributed by atoms with Crippen molar-refractivity contribution in [3.8, 4) is 0 Å². The summed E-state index contributed by atoms with van der Waals surface area (Å²) in [6.45, 7) is 2.39. The molecule has 1 amide bonds. The molecule has 1 saturated heterocycles. The topological polar surface area (TPSA) is 56.7 Å². The number of nitrogens with one attached hydrogen (secondary N) is 2. The highest BCUT2D eigenvalue weighted by molar-refractivity contribution is 14.0. The Morgan fingerprint density at radius 1 is 1.38 bits per heavy atom. The first-order valence-electron chi connectivity index (χ1n) is 8.63. The summed E-state index contributed by atoms with van der Waals surface area (Å²) in [7, 11) is 3.44. The lowest BCUT2D eigenvalue weighted by atomic mass is 9.93. The van der Waals surface area contributed by atoms with Crippen molar-refractivity contribution in [2.75, 3.05) is 33.7 Å². The highest BCUT2D eigenvalue weighted by Gasteiger charge is 2.22. The molecule has 26 heavy (non-hydrogen) atoms. The van der Waals surface area contributed by atoms with Crippen LogP contribution in [0.2, 0.25) is 0 Å². The Labute approximate surface area is 180 Å². The van der Waals surface area contributed by atoms with Crippen molar-refractivity contribution >= 4 is 51.8 Å². The number of hydrogen-bond donors (Lipinski definition) is 2. The Balaban J connectivity index is 0.00000338. The van der Waals surface area contributed by atoms with Gasteiger partial charge >= 0.3 is 0 Å². The molecule has 1 heterocycles. The van der Waals surface area contributed by atoms with Crippen LogP contribution in [0.5, 0.6) is 0 Å². The lowest BCUT2D eigenvalue weighted by Gasteiger charge is -2.34. The molecule has 146 valence electrons. The van der Waals surface area contributed by atoms with Crippen LogP contribution >= 0.6 is 39.9 Å². The lowest BCUT2D eigenvalue weighted by molar-refractivity contribution is -0.121. The second-order valence-corrected chi connectivity index (χ2v) is 7.18. The average molecular weight is 541 g/mol. The fraction of sp³-hybridized carbons (Fsp3) is 0.556. The summed E-state index contributed by atoms with van der Waals surface area (Å²) in [5.41, 5.74) is 0.682. The molecule has 0 bridgehead atoms. The monoisotopic (exact) mass is 540 g/mol. The van der Waals surface area contributed by atoms with Gasteiger partial charge < -0.3 is 15.5 Å². The van der Waals surface area contributed by atoms with Gasteiger partial charge in [-0.3, -0.25) is 9.79 Å². The average Bonchev–Trinajstić information content (AvgIpc) is 2.62. The van der Waals surface area contributed by atoms with Crippen LogP contribution in [0, 0.1) is 11.7 Å². The van der Waals surface area contributed by atoms with E-state index in [-0.39, 0.29) is 35.7 Å². The van der Waals surface area contributed by atoms with Crippen molar-refractivity contribution in [3.05, 3.63) is 34.1 Å². The van der Waals surface area contributed by atoms with Crippen LogP contribution in [0.3, 0.4) is 0 Å². The number of likely N-dealkylation sites (tertiary alicyclic amines) is 1. The van der Waals surface area contributed by atoms with Crippen LogP contribution in [0.4, 0.5) is 4.39 Å². The van der Waals surface area contributed by atoms with Gasteiger partial charge in [-0.15, -0.1) is 24.0 Å². The largest absolute Gasteiger partial charge is 0.359 e. The summed E-state index contributed by atoms with van der Waals surface area (Å²) < 4.78 is 14.7. The minimum Gasteiger partial charge on any atom is -0.359 e. The van der Waals surface area contributed by atoms with Gasteiger partial charge in [0.15, 0.2) is 5.96 Å². The van der Waals surface area contributed by atoms with Gasteiger partial charge in [0, 0.05) is 44.6 Å². The van der Waals surface area contributed by atoms with Crippen LogP contribution in [0.25, 0.3) is 0 Å². The number of hydrogen-bond acceptors (Lipinski definition) is 2. The van der Waals surface area contributed by atoms with Crippen LogP contribution in [0.15, 0.2) is 27.7 Å². The van der Waals surface area contributed by atoms with Crippen LogP contribution in [-0.4, -0.2) is 50.5 Å². The van der Waals surface area contributed by atoms with E-state index in [0.29, 0.717) is 30.9 Å². The SMILES string of the molecule is CN=C(NCCc1cc(Br)ccc1F)N1CCC(CC(=O)NC)CC1.I. The Morgan fingerprint density at radius 3 is 2.69 bits per heavy atom. The maximum atomic E-state index is 13.8. The molecule has 1 aromatic rings. The third kappa shape index (κ3) is 7.02. The molecule has 0 radical (unpaired) electrons. The van der Waals surface area contributed by atoms with Gasteiger partial charge in [0.1, 0.15) is 5.82 Å². The van der Waals surface area contributed by atoms with Gasteiger partial charge in [-0.25, -0.2) is 4.39 Å². The summed E-state index contributed by atoms with van der Waals surface area (Å²) in [5, 5.41) is 6.00. The van der Waals surface area contributed by atoms with Gasteiger partial charge in [0.05, 0.1) is 0 Å². The zero-order valence-corrected chi connectivity index (χ0v) is 19.1. The van der Waals surface area contributed by atoms with Gasteiger partial charge in [-0.2, -0.15) is 0 Å². The molecule has 0 unspecified atom stereocenters. The van der Waals surface area contributed by atoms with Crippen molar-refractivity contribution in [2.45, 2.75) is 25.7 Å². The summed E-state index contributed by atoms with van der Waals surface area (Å²) in [6.07, 6.45) is 3.15. The number of rotatable bonds is 5. The molecule has 1 fully saturated rings. The number of carbonyl (C=O) groups excluding carboxylic acids is 1. The predicted molar refractivity (Wildman–Crippen MR) is 118 cm³/mol. The molecule has 1 aliphatic heterocycles. The molecule has 5 nitrogen and oxygen atoms in total. The maximum absolute atomic E-state index is 13.8. The predicted octanol–water partition coefficient (Wildman–Crippen LogP) is 3.17. The standard InChI is InChI=1S/C18H26BrFN4O.HI/c1-21-17(25)11-13-6-9-24(10-7-13)18(22-2)23-8-5-14-12-15(19)3-4-16(14)20;/h3-4,12-13H,5-11H2,1-2H3,(H,21,25)(H,22,23);1H. The van der Waals surface area contributed by atoms with E-state index in [9.17, 15) is 9.18 Å². The quantitative estimate of drug-likeness (QED) is 0.343. The zero-order chi connectivity index (χ0) is 18.2. The summed E-state index contributed by atoms with van der Waals surface area (Å²) in [5.74, 6) is 1.20. The first-order chi connectivity index (χ1) is 12.0. The van der Waals surface area contributed by atoms with E-state index in [4.69, 9.17) is 0 Å². The van der Waals surface area contributed by atoms with Gasteiger partial charge in [0.25, 0.3) is 0 Å². The molecule has 2 N–H and O–H groups in total. The molecule has 0 saturated carbocycles. The smallest absolute Gasteiger partial charge is 0.220 e. The van der Waals surface area contributed by atoms with Gasteiger partial charge in [-0.05, 0) is 48.9 Å². The highest BCUT2D eigenvalue weighted by Crippen LogP contribution is 2.20. The summed E-state index contributed by atoms with van der Waals surface area (Å²) in [4.78, 5) is 18.0. The number of nitrogens with zero attached hydrogens (tertiary/aromatic N) is 2. The zero-order valence-electron chi connectivity index (χ0n) is 15.2. The molecule has 8 heteroatoms. The van der Waals surface area contributed by atoms with Crippen molar-refractivity contribution in [1.29, 1.82) is 0 Å². The van der Waals surface area contributed by atoms with Crippen LogP contribution < -0.4 is 10.6 Å². The fourth-order valence-corrected chi connectivity index (χ4v) is 3.50. The number of amides is 1. The second-order valence-electron chi connectivity index (χ2n) is 6.27. The lowest BCUT2D eigenvalue weighted by Crippen LogP contribution is -2.46. The first kappa shape index (κ1) is 23.1. The Morgan fingerprint density at radius 2 is 2.08 bits per heavy atom. The van der Waals surface area contributed by atoms with E-state index in [2.05, 4.69) is 36.5 Å². The third-order valence-corrected chi connectivity index (χ3v) is 5.06. The normalized spacial score (nSPS) is 15.4. The number of piperidine rings is 1. The number of guanidine groups is 1. The Hall–Kier alpha value is -0.900. The van der Waals surface area contributed by atoms with Crippen molar-refractivity contribution in [3.63, 3.8) is 0 Å². The minimum atomic E-state index is -0.185. The number of halogens is 3. The van der Waals surface area contributed by atoms with E-state index in [0.717, 1.165) is 36.4 Å². The second kappa shape index (κ2) is 11.7. The minimum absolute atomic E-state index is 0. The third-order valence-electron chi connectivity index (χ3n) is 4.56.